The number of hydrogen-bond donors (Lipinski definition) is 1. The molecule has 82 valence electrons. The van der Waals surface area contributed by atoms with Gasteiger partial charge in [-0.2, -0.15) is 0 Å². The minimum atomic E-state index is -2.71. The zero-order valence-corrected chi connectivity index (χ0v) is 8.73. The molecule has 0 aliphatic carbocycles. The summed E-state index contributed by atoms with van der Waals surface area (Å²) in [6.07, 6.45) is -0.224. The van der Waals surface area contributed by atoms with Gasteiger partial charge >= 0.3 is 0 Å². The molecule has 0 atom stereocenters. The maximum absolute atomic E-state index is 12.8. The van der Waals surface area contributed by atoms with Gasteiger partial charge in [0.05, 0.1) is 12.1 Å². The highest BCUT2D eigenvalue weighted by molar-refractivity contribution is 5.85. The molecule has 1 saturated heterocycles. The molecule has 1 amide bonds. The summed E-state index contributed by atoms with van der Waals surface area (Å²) in [5.74, 6) is -2.98. The van der Waals surface area contributed by atoms with E-state index in [-0.39, 0.29) is 18.9 Å². The van der Waals surface area contributed by atoms with Crippen molar-refractivity contribution < 1.29 is 13.6 Å². The first-order chi connectivity index (χ1) is 6.28. The highest BCUT2D eigenvalue weighted by Gasteiger charge is 2.43. The fraction of sp³-hybridized carbons (Fsp3) is 0.889. The van der Waals surface area contributed by atoms with Crippen molar-refractivity contribution in [3.8, 4) is 0 Å². The van der Waals surface area contributed by atoms with Crippen molar-refractivity contribution in [3.63, 3.8) is 0 Å². The van der Waals surface area contributed by atoms with Crippen LogP contribution in [0.2, 0.25) is 0 Å². The van der Waals surface area contributed by atoms with Crippen molar-refractivity contribution in [2.45, 2.75) is 31.7 Å². The van der Waals surface area contributed by atoms with Crippen LogP contribution in [0.5, 0.6) is 0 Å². The first kappa shape index (κ1) is 11.4. The van der Waals surface area contributed by atoms with E-state index in [1.54, 1.807) is 20.9 Å². The van der Waals surface area contributed by atoms with Gasteiger partial charge in [0.1, 0.15) is 0 Å². The van der Waals surface area contributed by atoms with E-state index in [2.05, 4.69) is 5.32 Å². The molecular formula is C9H16F2N2O. The molecular weight excluding hydrogens is 190 g/mol. The third kappa shape index (κ3) is 2.20. The molecule has 3 nitrogen and oxygen atoms in total. The molecule has 1 aliphatic heterocycles. The standard InChI is InChI=1S/C9H16F2N2O/c1-8(2,12-3)7(14)13-5-4-9(10,11)6-13/h12H,4-6H2,1-3H3. The maximum atomic E-state index is 12.8. The van der Waals surface area contributed by atoms with E-state index in [0.29, 0.717) is 0 Å². The summed E-state index contributed by atoms with van der Waals surface area (Å²) in [7, 11) is 1.64. The molecule has 0 spiro atoms. The first-order valence-electron chi connectivity index (χ1n) is 4.65. The lowest BCUT2D eigenvalue weighted by atomic mass is 10.0. The van der Waals surface area contributed by atoms with Crippen LogP contribution < -0.4 is 5.32 Å². The number of alkyl halides is 2. The summed E-state index contributed by atoms with van der Waals surface area (Å²) in [6.45, 7) is 3.07. The molecule has 0 bridgehead atoms. The summed E-state index contributed by atoms with van der Waals surface area (Å²) in [6, 6.07) is 0. The third-order valence-corrected chi connectivity index (χ3v) is 2.62. The van der Waals surface area contributed by atoms with Crippen molar-refractivity contribution in [2.75, 3.05) is 20.1 Å². The number of hydrogen-bond acceptors (Lipinski definition) is 2. The SMILES string of the molecule is CNC(C)(C)C(=O)N1CCC(F)(F)C1. The molecule has 0 unspecified atom stereocenters. The molecule has 0 aromatic carbocycles. The number of nitrogens with one attached hydrogen (secondary N) is 1. The summed E-state index contributed by atoms with van der Waals surface area (Å²) >= 11 is 0. The van der Waals surface area contributed by atoms with Gasteiger partial charge in [-0.3, -0.25) is 4.79 Å². The van der Waals surface area contributed by atoms with Gasteiger partial charge in [0, 0.05) is 13.0 Å². The summed E-state index contributed by atoms with van der Waals surface area (Å²) in [5, 5.41) is 2.81. The van der Waals surface area contributed by atoms with E-state index in [1.807, 2.05) is 0 Å². The highest BCUT2D eigenvalue weighted by atomic mass is 19.3. The summed E-state index contributed by atoms with van der Waals surface area (Å²) in [4.78, 5) is 12.9. The van der Waals surface area contributed by atoms with E-state index in [4.69, 9.17) is 0 Å². The van der Waals surface area contributed by atoms with Crippen molar-refractivity contribution in [3.05, 3.63) is 0 Å². The van der Waals surface area contributed by atoms with Gasteiger partial charge < -0.3 is 10.2 Å². The van der Waals surface area contributed by atoms with E-state index in [0.717, 1.165) is 0 Å². The molecule has 1 heterocycles. The van der Waals surface area contributed by atoms with Gasteiger partial charge in [0.25, 0.3) is 5.92 Å². The van der Waals surface area contributed by atoms with Gasteiger partial charge in [0.15, 0.2) is 0 Å². The lowest BCUT2D eigenvalue weighted by Gasteiger charge is -2.28. The zero-order chi connectivity index (χ0) is 11.0. The Bertz CT molecular complexity index is 241. The van der Waals surface area contributed by atoms with Crippen molar-refractivity contribution >= 4 is 5.91 Å². The van der Waals surface area contributed by atoms with E-state index < -0.39 is 18.0 Å². The molecule has 1 N–H and O–H groups in total. The average Bonchev–Trinajstić information content (AvgIpc) is 2.44. The number of likely N-dealkylation sites (N-methyl/N-ethyl adjacent to an activating group) is 1. The second kappa shape index (κ2) is 3.46. The van der Waals surface area contributed by atoms with E-state index in [9.17, 15) is 13.6 Å². The number of amides is 1. The zero-order valence-electron chi connectivity index (χ0n) is 8.73. The van der Waals surface area contributed by atoms with Crippen LogP contribution >= 0.6 is 0 Å². The molecule has 14 heavy (non-hydrogen) atoms. The molecule has 0 saturated carbocycles. The molecule has 0 aromatic heterocycles. The molecule has 1 aliphatic rings. The van der Waals surface area contributed by atoms with Crippen LogP contribution in [-0.4, -0.2) is 42.4 Å². The van der Waals surface area contributed by atoms with E-state index in [1.165, 1.54) is 4.90 Å². The number of carbonyl (C=O) groups is 1. The average molecular weight is 206 g/mol. The van der Waals surface area contributed by atoms with Crippen LogP contribution in [0.4, 0.5) is 8.78 Å². The molecule has 5 heteroatoms. The Morgan fingerprint density at radius 3 is 2.43 bits per heavy atom. The Kier molecular flexibility index (Phi) is 2.81. The highest BCUT2D eigenvalue weighted by Crippen LogP contribution is 2.28. The molecule has 0 radical (unpaired) electrons. The van der Waals surface area contributed by atoms with Crippen LogP contribution in [0.3, 0.4) is 0 Å². The quantitative estimate of drug-likeness (QED) is 0.726. The maximum Gasteiger partial charge on any atom is 0.267 e. The minimum absolute atomic E-state index is 0.150. The smallest absolute Gasteiger partial charge is 0.267 e. The van der Waals surface area contributed by atoms with Crippen molar-refractivity contribution in [1.82, 2.24) is 10.2 Å². The van der Waals surface area contributed by atoms with Crippen molar-refractivity contribution in [1.29, 1.82) is 0 Å². The summed E-state index contributed by atoms with van der Waals surface area (Å²) in [5.41, 5.74) is -0.763. The van der Waals surface area contributed by atoms with E-state index >= 15 is 0 Å². The van der Waals surface area contributed by atoms with Gasteiger partial charge in [-0.15, -0.1) is 0 Å². The Labute approximate surface area is 82.5 Å². The molecule has 1 fully saturated rings. The van der Waals surface area contributed by atoms with Crippen LogP contribution in [0.15, 0.2) is 0 Å². The van der Waals surface area contributed by atoms with Gasteiger partial charge in [-0.25, -0.2) is 8.78 Å². The predicted molar refractivity (Wildman–Crippen MR) is 49.3 cm³/mol. The van der Waals surface area contributed by atoms with Crippen LogP contribution in [-0.2, 0) is 4.79 Å². The topological polar surface area (TPSA) is 32.3 Å². The Hall–Kier alpha value is -0.710. The Balaban J connectivity index is 2.65. The first-order valence-corrected chi connectivity index (χ1v) is 4.65. The monoisotopic (exact) mass is 206 g/mol. The fourth-order valence-corrected chi connectivity index (χ4v) is 1.41. The Morgan fingerprint density at radius 2 is 2.07 bits per heavy atom. The largest absolute Gasteiger partial charge is 0.335 e. The fourth-order valence-electron chi connectivity index (χ4n) is 1.41. The van der Waals surface area contributed by atoms with Crippen molar-refractivity contribution in [2.24, 2.45) is 0 Å². The second-order valence-electron chi connectivity index (χ2n) is 4.21. The number of carbonyl (C=O) groups excluding carboxylic acids is 1. The van der Waals surface area contributed by atoms with Gasteiger partial charge in [0.2, 0.25) is 5.91 Å². The van der Waals surface area contributed by atoms with Crippen LogP contribution in [0.25, 0.3) is 0 Å². The number of halogens is 2. The second-order valence-corrected chi connectivity index (χ2v) is 4.21. The lowest BCUT2D eigenvalue weighted by molar-refractivity contribution is -0.137. The summed E-state index contributed by atoms with van der Waals surface area (Å²) < 4.78 is 25.7. The molecule has 0 aromatic rings. The normalized spacial score (nSPS) is 21.4. The minimum Gasteiger partial charge on any atom is -0.335 e. The number of likely N-dealkylation sites (tertiary alicyclic amines) is 1. The number of nitrogens with zero attached hydrogens (tertiary/aromatic N) is 1. The lowest BCUT2D eigenvalue weighted by Crippen LogP contribution is -2.52. The third-order valence-electron chi connectivity index (χ3n) is 2.62. The molecule has 1 rings (SSSR count). The van der Waals surface area contributed by atoms with Crippen LogP contribution in [0, 0.1) is 0 Å². The number of rotatable bonds is 2. The van der Waals surface area contributed by atoms with Crippen LogP contribution in [0.1, 0.15) is 20.3 Å². The van der Waals surface area contributed by atoms with Gasteiger partial charge in [-0.05, 0) is 20.9 Å². The van der Waals surface area contributed by atoms with Gasteiger partial charge in [-0.1, -0.05) is 0 Å². The predicted octanol–water partition coefficient (Wildman–Crippen LogP) is 0.852. The Morgan fingerprint density at radius 1 is 1.50 bits per heavy atom.